The third kappa shape index (κ3) is 3.21. The molecule has 0 aliphatic rings. The number of pyridine rings is 1. The summed E-state index contributed by atoms with van der Waals surface area (Å²) in [6.45, 7) is 0. The SMILES string of the molecule is NNc1ncccc1C(=O)Nc1c(Cl)cc(Br)cc1Cl. The van der Waals surface area contributed by atoms with E-state index in [9.17, 15) is 4.79 Å². The van der Waals surface area contributed by atoms with Gasteiger partial charge >= 0.3 is 0 Å². The van der Waals surface area contributed by atoms with Crippen LogP contribution in [0, 0.1) is 0 Å². The lowest BCUT2D eigenvalue weighted by Crippen LogP contribution is -2.18. The second-order valence-corrected chi connectivity index (χ2v) is 5.47. The van der Waals surface area contributed by atoms with Gasteiger partial charge in [-0.05, 0) is 24.3 Å². The van der Waals surface area contributed by atoms with Gasteiger partial charge in [0.1, 0.15) is 0 Å². The van der Waals surface area contributed by atoms with Crippen molar-refractivity contribution in [3.05, 3.63) is 50.5 Å². The molecule has 8 heteroatoms. The van der Waals surface area contributed by atoms with E-state index in [2.05, 4.69) is 31.7 Å². The Kier molecular flexibility index (Phi) is 4.82. The first-order valence-corrected chi connectivity index (χ1v) is 6.95. The third-order valence-corrected chi connectivity index (χ3v) is 3.49. The number of aromatic nitrogens is 1. The van der Waals surface area contributed by atoms with Gasteiger partial charge in [0.15, 0.2) is 5.82 Å². The van der Waals surface area contributed by atoms with Crippen molar-refractivity contribution in [3.8, 4) is 0 Å². The van der Waals surface area contributed by atoms with Gasteiger partial charge in [0, 0.05) is 10.7 Å². The second-order valence-electron chi connectivity index (χ2n) is 3.74. The number of hydrogen-bond acceptors (Lipinski definition) is 4. The van der Waals surface area contributed by atoms with Crippen LogP contribution in [-0.2, 0) is 0 Å². The average Bonchev–Trinajstić information content (AvgIpc) is 2.42. The van der Waals surface area contributed by atoms with Crippen LogP contribution in [0.1, 0.15) is 10.4 Å². The first-order chi connectivity index (χ1) is 9.52. The molecule has 0 unspecified atom stereocenters. The molecule has 0 aliphatic carbocycles. The van der Waals surface area contributed by atoms with E-state index < -0.39 is 5.91 Å². The number of halogens is 3. The number of carbonyl (C=O) groups is 1. The number of nitrogen functional groups attached to an aromatic ring is 1. The molecule has 0 radical (unpaired) electrons. The van der Waals surface area contributed by atoms with Crippen LogP contribution in [0.2, 0.25) is 10.0 Å². The molecular weight excluding hydrogens is 367 g/mol. The fraction of sp³-hybridized carbons (Fsp3) is 0. The normalized spacial score (nSPS) is 10.2. The number of benzene rings is 1. The molecular formula is C12H9BrCl2N4O. The summed E-state index contributed by atoms with van der Waals surface area (Å²) in [5.41, 5.74) is 2.96. The zero-order valence-electron chi connectivity index (χ0n) is 9.95. The van der Waals surface area contributed by atoms with Gasteiger partial charge < -0.3 is 10.7 Å². The first-order valence-electron chi connectivity index (χ1n) is 5.40. The summed E-state index contributed by atoms with van der Waals surface area (Å²) in [6.07, 6.45) is 1.52. The Morgan fingerprint density at radius 2 is 1.95 bits per heavy atom. The number of rotatable bonds is 3. The predicted octanol–water partition coefficient (Wildman–Crippen LogP) is 3.69. The molecule has 0 fully saturated rings. The van der Waals surface area contributed by atoms with Gasteiger partial charge in [-0.25, -0.2) is 10.8 Å². The molecule has 5 nitrogen and oxygen atoms in total. The summed E-state index contributed by atoms with van der Waals surface area (Å²) in [7, 11) is 0. The van der Waals surface area contributed by atoms with Crippen LogP contribution < -0.4 is 16.6 Å². The highest BCUT2D eigenvalue weighted by Gasteiger charge is 2.15. The van der Waals surface area contributed by atoms with Crippen LogP contribution in [0.15, 0.2) is 34.9 Å². The summed E-state index contributed by atoms with van der Waals surface area (Å²) in [6, 6.07) is 6.47. The maximum Gasteiger partial charge on any atom is 0.259 e. The number of nitrogens with zero attached hydrogens (tertiary/aromatic N) is 1. The monoisotopic (exact) mass is 374 g/mol. The van der Waals surface area contributed by atoms with E-state index in [4.69, 9.17) is 29.0 Å². The highest BCUT2D eigenvalue weighted by Crippen LogP contribution is 2.34. The van der Waals surface area contributed by atoms with Gasteiger partial charge in [0.05, 0.1) is 21.3 Å². The van der Waals surface area contributed by atoms with Crippen LogP contribution in [-0.4, -0.2) is 10.9 Å². The van der Waals surface area contributed by atoms with Crippen molar-refractivity contribution >= 4 is 56.5 Å². The van der Waals surface area contributed by atoms with Crippen molar-refractivity contribution in [3.63, 3.8) is 0 Å². The standard InChI is InChI=1S/C12H9BrCl2N4O/c13-6-4-8(14)10(9(15)5-6)18-12(20)7-2-1-3-17-11(7)19-16/h1-5H,16H2,(H,17,19)(H,18,20). The molecule has 1 aromatic heterocycles. The van der Waals surface area contributed by atoms with Gasteiger partial charge in [-0.1, -0.05) is 39.1 Å². The molecule has 0 saturated heterocycles. The number of nitrogens with one attached hydrogen (secondary N) is 2. The van der Waals surface area contributed by atoms with E-state index in [-0.39, 0.29) is 11.4 Å². The van der Waals surface area contributed by atoms with Gasteiger partial charge in [0.25, 0.3) is 5.91 Å². The average molecular weight is 376 g/mol. The third-order valence-electron chi connectivity index (χ3n) is 2.43. The van der Waals surface area contributed by atoms with Crippen molar-refractivity contribution in [1.29, 1.82) is 0 Å². The van der Waals surface area contributed by atoms with Crippen LogP contribution in [0.25, 0.3) is 0 Å². The van der Waals surface area contributed by atoms with E-state index in [0.29, 0.717) is 15.7 Å². The smallest absolute Gasteiger partial charge is 0.259 e. The largest absolute Gasteiger partial charge is 0.319 e. The Balaban J connectivity index is 2.33. The lowest BCUT2D eigenvalue weighted by atomic mass is 10.2. The maximum absolute atomic E-state index is 12.2. The van der Waals surface area contributed by atoms with Crippen molar-refractivity contribution in [1.82, 2.24) is 4.98 Å². The van der Waals surface area contributed by atoms with E-state index in [1.807, 2.05) is 0 Å². The van der Waals surface area contributed by atoms with Crippen molar-refractivity contribution in [2.45, 2.75) is 0 Å². The number of anilines is 2. The van der Waals surface area contributed by atoms with E-state index >= 15 is 0 Å². The van der Waals surface area contributed by atoms with Gasteiger partial charge in [-0.3, -0.25) is 4.79 Å². The minimum atomic E-state index is -0.419. The highest BCUT2D eigenvalue weighted by molar-refractivity contribution is 9.10. The van der Waals surface area contributed by atoms with Gasteiger partial charge in [-0.2, -0.15) is 0 Å². The minimum absolute atomic E-state index is 0.259. The number of hydrazine groups is 1. The fourth-order valence-corrected chi connectivity index (χ4v) is 2.85. The van der Waals surface area contributed by atoms with Crippen molar-refractivity contribution in [2.75, 3.05) is 10.7 Å². The molecule has 0 bridgehead atoms. The molecule has 2 rings (SSSR count). The molecule has 0 aliphatic heterocycles. The molecule has 1 amide bonds. The Bertz CT molecular complexity index is 643. The van der Waals surface area contributed by atoms with Crippen LogP contribution in [0.3, 0.4) is 0 Å². The number of carbonyl (C=O) groups excluding carboxylic acids is 1. The van der Waals surface area contributed by atoms with Crippen LogP contribution >= 0.6 is 39.1 Å². The Morgan fingerprint density at radius 3 is 2.55 bits per heavy atom. The van der Waals surface area contributed by atoms with Gasteiger partial charge in [0.2, 0.25) is 0 Å². The summed E-state index contributed by atoms with van der Waals surface area (Å²) in [4.78, 5) is 16.2. The molecule has 20 heavy (non-hydrogen) atoms. The predicted molar refractivity (Wildman–Crippen MR) is 84.2 cm³/mol. The van der Waals surface area contributed by atoms with Crippen LogP contribution in [0.5, 0.6) is 0 Å². The zero-order chi connectivity index (χ0) is 14.7. The number of hydrogen-bond donors (Lipinski definition) is 3. The molecule has 0 spiro atoms. The molecule has 0 saturated carbocycles. The van der Waals surface area contributed by atoms with E-state index in [1.54, 1.807) is 24.3 Å². The Labute approximate surface area is 133 Å². The number of amides is 1. The highest BCUT2D eigenvalue weighted by atomic mass is 79.9. The fourth-order valence-electron chi connectivity index (χ4n) is 1.55. The lowest BCUT2D eigenvalue weighted by molar-refractivity contribution is 0.102. The minimum Gasteiger partial charge on any atom is -0.319 e. The zero-order valence-corrected chi connectivity index (χ0v) is 13.1. The summed E-state index contributed by atoms with van der Waals surface area (Å²) in [5.74, 6) is 5.15. The van der Waals surface area contributed by atoms with Crippen molar-refractivity contribution < 1.29 is 4.79 Å². The van der Waals surface area contributed by atoms with Crippen LogP contribution in [0.4, 0.5) is 11.5 Å². The lowest BCUT2D eigenvalue weighted by Gasteiger charge is -2.11. The second kappa shape index (κ2) is 6.41. The Hall–Kier alpha value is -1.34. The molecule has 1 aromatic carbocycles. The molecule has 1 heterocycles. The molecule has 0 atom stereocenters. The summed E-state index contributed by atoms with van der Waals surface area (Å²) >= 11 is 15.4. The molecule has 2 aromatic rings. The molecule has 4 N–H and O–H groups in total. The first kappa shape index (κ1) is 15.1. The topological polar surface area (TPSA) is 80.0 Å². The Morgan fingerprint density at radius 1 is 1.30 bits per heavy atom. The number of nitrogens with two attached hydrogens (primary N) is 1. The summed E-state index contributed by atoms with van der Waals surface area (Å²) < 4.78 is 0.719. The van der Waals surface area contributed by atoms with Gasteiger partial charge in [-0.15, -0.1) is 0 Å². The van der Waals surface area contributed by atoms with E-state index in [1.165, 1.54) is 6.20 Å². The quantitative estimate of drug-likeness (QED) is 0.564. The molecule has 104 valence electrons. The summed E-state index contributed by atoms with van der Waals surface area (Å²) in [5, 5.41) is 3.28. The van der Waals surface area contributed by atoms with E-state index in [0.717, 1.165) is 4.47 Å². The maximum atomic E-state index is 12.2. The van der Waals surface area contributed by atoms with Crippen molar-refractivity contribution in [2.24, 2.45) is 5.84 Å².